The van der Waals surface area contributed by atoms with Gasteiger partial charge in [-0.25, -0.2) is 0 Å². The molecule has 0 spiro atoms. The molecular formula is C11H19NO2S. The van der Waals surface area contributed by atoms with Crippen molar-refractivity contribution in [2.45, 2.75) is 37.0 Å². The molecule has 2 heterocycles. The third kappa shape index (κ3) is 2.67. The van der Waals surface area contributed by atoms with E-state index in [-0.39, 0.29) is 12.0 Å². The fraction of sp³-hybridized carbons (Fsp3) is 0.909. The van der Waals surface area contributed by atoms with Crippen molar-refractivity contribution in [3.63, 3.8) is 0 Å². The van der Waals surface area contributed by atoms with Crippen LogP contribution in [-0.2, 0) is 9.53 Å². The summed E-state index contributed by atoms with van der Waals surface area (Å²) >= 11 is 2.09. The van der Waals surface area contributed by atoms with Crippen molar-refractivity contribution in [2.75, 3.05) is 19.4 Å². The van der Waals surface area contributed by atoms with Crippen LogP contribution < -0.4 is 5.32 Å². The van der Waals surface area contributed by atoms with Gasteiger partial charge in [0.1, 0.15) is 6.04 Å². The maximum Gasteiger partial charge on any atom is 0.322 e. The van der Waals surface area contributed by atoms with Crippen molar-refractivity contribution in [2.24, 2.45) is 5.92 Å². The van der Waals surface area contributed by atoms with E-state index in [1.54, 1.807) is 0 Å². The summed E-state index contributed by atoms with van der Waals surface area (Å²) < 4.78 is 4.76. The highest BCUT2D eigenvalue weighted by atomic mass is 32.2. The van der Waals surface area contributed by atoms with Gasteiger partial charge in [-0.05, 0) is 37.5 Å². The lowest BCUT2D eigenvalue weighted by Crippen LogP contribution is -2.31. The molecule has 1 N–H and O–H groups in total. The van der Waals surface area contributed by atoms with Gasteiger partial charge in [0.25, 0.3) is 0 Å². The predicted octanol–water partition coefficient (Wildman–Crippen LogP) is 1.42. The molecule has 3 nitrogen and oxygen atoms in total. The number of hydrogen-bond acceptors (Lipinski definition) is 4. The SMILES string of the molecule is COC(=O)C1CC(C2CCCCS2)CN1. The molecule has 0 aliphatic carbocycles. The molecular weight excluding hydrogens is 210 g/mol. The van der Waals surface area contributed by atoms with Gasteiger partial charge in [-0.15, -0.1) is 0 Å². The Morgan fingerprint density at radius 3 is 3.00 bits per heavy atom. The maximum atomic E-state index is 11.4. The third-order valence-electron chi connectivity index (χ3n) is 3.39. The Hall–Kier alpha value is -0.220. The van der Waals surface area contributed by atoms with Crippen molar-refractivity contribution < 1.29 is 9.53 Å². The predicted molar refractivity (Wildman–Crippen MR) is 62.0 cm³/mol. The largest absolute Gasteiger partial charge is 0.468 e. The van der Waals surface area contributed by atoms with E-state index in [1.807, 2.05) is 0 Å². The average molecular weight is 229 g/mol. The Balaban J connectivity index is 1.83. The van der Waals surface area contributed by atoms with Gasteiger partial charge in [0.2, 0.25) is 0 Å². The summed E-state index contributed by atoms with van der Waals surface area (Å²) in [5, 5.41) is 4.03. The van der Waals surface area contributed by atoms with Gasteiger partial charge in [-0.1, -0.05) is 6.42 Å². The summed E-state index contributed by atoms with van der Waals surface area (Å²) in [5.74, 6) is 1.86. The molecule has 2 aliphatic rings. The highest BCUT2D eigenvalue weighted by Gasteiger charge is 2.35. The number of hydrogen-bond donors (Lipinski definition) is 1. The van der Waals surface area contributed by atoms with Crippen LogP contribution in [0.2, 0.25) is 0 Å². The van der Waals surface area contributed by atoms with Crippen molar-refractivity contribution in [1.82, 2.24) is 5.32 Å². The number of methoxy groups -OCH3 is 1. The molecule has 86 valence electrons. The van der Waals surface area contributed by atoms with E-state index >= 15 is 0 Å². The van der Waals surface area contributed by atoms with Crippen LogP contribution >= 0.6 is 11.8 Å². The molecule has 0 saturated carbocycles. The normalized spacial score (nSPS) is 36.5. The lowest BCUT2D eigenvalue weighted by molar-refractivity contribution is -0.142. The molecule has 0 aromatic rings. The second-order valence-electron chi connectivity index (χ2n) is 4.38. The number of nitrogens with one attached hydrogen (secondary N) is 1. The van der Waals surface area contributed by atoms with E-state index in [2.05, 4.69) is 17.1 Å². The molecule has 2 fully saturated rings. The third-order valence-corrected chi connectivity index (χ3v) is 4.96. The van der Waals surface area contributed by atoms with Crippen molar-refractivity contribution in [1.29, 1.82) is 0 Å². The van der Waals surface area contributed by atoms with Gasteiger partial charge in [0, 0.05) is 5.25 Å². The Bertz CT molecular complexity index is 229. The van der Waals surface area contributed by atoms with E-state index in [0.29, 0.717) is 5.92 Å². The van der Waals surface area contributed by atoms with Gasteiger partial charge >= 0.3 is 5.97 Å². The fourth-order valence-electron chi connectivity index (χ4n) is 2.51. The van der Waals surface area contributed by atoms with Crippen LogP contribution in [-0.4, -0.2) is 36.7 Å². The minimum absolute atomic E-state index is 0.0532. The first-order valence-corrected chi connectivity index (χ1v) is 6.79. The van der Waals surface area contributed by atoms with Crippen LogP contribution in [0, 0.1) is 5.92 Å². The van der Waals surface area contributed by atoms with E-state index in [9.17, 15) is 4.79 Å². The summed E-state index contributed by atoms with van der Waals surface area (Å²) in [7, 11) is 1.46. The number of rotatable bonds is 2. The summed E-state index contributed by atoms with van der Waals surface area (Å²) in [6.45, 7) is 0.984. The Morgan fingerprint density at radius 2 is 2.33 bits per heavy atom. The zero-order valence-electron chi connectivity index (χ0n) is 9.20. The van der Waals surface area contributed by atoms with Crippen LogP contribution in [0.5, 0.6) is 0 Å². The van der Waals surface area contributed by atoms with Gasteiger partial charge in [0.15, 0.2) is 0 Å². The number of ether oxygens (including phenoxy) is 1. The van der Waals surface area contributed by atoms with Crippen LogP contribution in [0.3, 0.4) is 0 Å². The Labute approximate surface area is 95.3 Å². The standard InChI is InChI=1S/C11H19NO2S/c1-14-11(13)9-6-8(7-12-9)10-4-2-3-5-15-10/h8-10,12H,2-7H2,1H3. The molecule has 0 radical (unpaired) electrons. The van der Waals surface area contributed by atoms with Crippen molar-refractivity contribution in [3.8, 4) is 0 Å². The topological polar surface area (TPSA) is 38.3 Å². The summed E-state index contributed by atoms with van der Waals surface area (Å²) in [4.78, 5) is 11.4. The summed E-state index contributed by atoms with van der Waals surface area (Å²) in [6, 6.07) is -0.0532. The second-order valence-corrected chi connectivity index (χ2v) is 5.73. The number of carbonyl (C=O) groups is 1. The quantitative estimate of drug-likeness (QED) is 0.727. The molecule has 0 aromatic carbocycles. The monoisotopic (exact) mass is 229 g/mol. The minimum atomic E-state index is -0.0988. The van der Waals surface area contributed by atoms with Gasteiger partial charge in [-0.3, -0.25) is 4.79 Å². The first kappa shape index (κ1) is 11.3. The lowest BCUT2D eigenvalue weighted by atomic mass is 9.97. The molecule has 3 unspecified atom stereocenters. The summed E-state index contributed by atoms with van der Waals surface area (Å²) in [6.07, 6.45) is 5.01. The lowest BCUT2D eigenvalue weighted by Gasteiger charge is -2.26. The summed E-state index contributed by atoms with van der Waals surface area (Å²) in [5.41, 5.74) is 0. The van der Waals surface area contributed by atoms with Crippen molar-refractivity contribution >= 4 is 17.7 Å². The molecule has 0 amide bonds. The highest BCUT2D eigenvalue weighted by Crippen LogP contribution is 2.34. The van der Waals surface area contributed by atoms with Gasteiger partial charge in [-0.2, -0.15) is 11.8 Å². The molecule has 2 saturated heterocycles. The van der Waals surface area contributed by atoms with Gasteiger partial charge in [0.05, 0.1) is 7.11 Å². The molecule has 3 atom stereocenters. The van der Waals surface area contributed by atoms with Crippen LogP contribution in [0.4, 0.5) is 0 Å². The number of thioether (sulfide) groups is 1. The van der Waals surface area contributed by atoms with E-state index < -0.39 is 0 Å². The Kier molecular flexibility index (Phi) is 3.92. The molecule has 0 bridgehead atoms. The van der Waals surface area contributed by atoms with Crippen LogP contribution in [0.25, 0.3) is 0 Å². The number of carbonyl (C=O) groups excluding carboxylic acids is 1. The molecule has 0 aromatic heterocycles. The minimum Gasteiger partial charge on any atom is -0.468 e. The van der Waals surface area contributed by atoms with Crippen LogP contribution in [0.1, 0.15) is 25.7 Å². The fourth-order valence-corrected chi connectivity index (χ4v) is 3.99. The first-order valence-electron chi connectivity index (χ1n) is 5.74. The first-order chi connectivity index (χ1) is 7.31. The van der Waals surface area contributed by atoms with Crippen LogP contribution in [0.15, 0.2) is 0 Å². The van der Waals surface area contributed by atoms with E-state index in [1.165, 1.54) is 32.1 Å². The van der Waals surface area contributed by atoms with E-state index in [4.69, 9.17) is 4.74 Å². The van der Waals surface area contributed by atoms with Gasteiger partial charge < -0.3 is 10.1 Å². The second kappa shape index (κ2) is 5.21. The van der Waals surface area contributed by atoms with E-state index in [0.717, 1.165) is 18.2 Å². The van der Waals surface area contributed by atoms with Crippen molar-refractivity contribution in [3.05, 3.63) is 0 Å². The zero-order chi connectivity index (χ0) is 10.7. The molecule has 2 aliphatic heterocycles. The molecule has 2 rings (SSSR count). The smallest absolute Gasteiger partial charge is 0.322 e. The number of esters is 1. The highest BCUT2D eigenvalue weighted by molar-refractivity contribution is 7.99. The molecule has 4 heteroatoms. The maximum absolute atomic E-state index is 11.4. The zero-order valence-corrected chi connectivity index (χ0v) is 10.0. The Morgan fingerprint density at radius 1 is 1.47 bits per heavy atom. The average Bonchev–Trinajstić information content (AvgIpc) is 2.78. The molecule has 15 heavy (non-hydrogen) atoms.